The van der Waals surface area contributed by atoms with E-state index in [4.69, 9.17) is 0 Å². The number of hydrogen-bond acceptors (Lipinski definition) is 3. The van der Waals surface area contributed by atoms with Gasteiger partial charge in [-0.05, 0) is 18.9 Å². The van der Waals surface area contributed by atoms with Crippen LogP contribution < -0.4 is 5.32 Å². The minimum atomic E-state index is 0.542. The van der Waals surface area contributed by atoms with Crippen LogP contribution in [-0.4, -0.2) is 16.0 Å². The maximum atomic E-state index is 4.13. The smallest absolute Gasteiger partial charge is 0.129 e. The summed E-state index contributed by atoms with van der Waals surface area (Å²) in [7, 11) is 0. The van der Waals surface area contributed by atoms with E-state index in [0.717, 1.165) is 12.2 Å². The van der Waals surface area contributed by atoms with Crippen LogP contribution in [0.15, 0.2) is 18.6 Å². The van der Waals surface area contributed by atoms with Crippen LogP contribution in [0.2, 0.25) is 0 Å². The molecule has 3 heteroatoms. The van der Waals surface area contributed by atoms with Gasteiger partial charge >= 0.3 is 0 Å². The molecule has 0 saturated heterocycles. The number of rotatable bonds is 5. The largest absolute Gasteiger partial charge is 0.367 e. The minimum absolute atomic E-state index is 0.542. The Labute approximate surface area is 79.6 Å². The third-order valence-corrected chi connectivity index (χ3v) is 2.06. The van der Waals surface area contributed by atoms with Gasteiger partial charge in [0.2, 0.25) is 0 Å². The van der Waals surface area contributed by atoms with Crippen molar-refractivity contribution in [3.05, 3.63) is 18.6 Å². The molecule has 1 heterocycles. The quantitative estimate of drug-likeness (QED) is 0.754. The minimum Gasteiger partial charge on any atom is -0.367 e. The summed E-state index contributed by atoms with van der Waals surface area (Å²) in [6, 6.07) is 2.44. The highest BCUT2D eigenvalue weighted by atomic mass is 15.0. The molecule has 0 aliphatic rings. The van der Waals surface area contributed by atoms with Crippen molar-refractivity contribution >= 4 is 5.82 Å². The van der Waals surface area contributed by atoms with Crippen molar-refractivity contribution in [3.8, 4) is 0 Å². The molecule has 0 aliphatic carbocycles. The molecule has 1 rings (SSSR count). The van der Waals surface area contributed by atoms with Gasteiger partial charge in [0.15, 0.2) is 0 Å². The van der Waals surface area contributed by atoms with Crippen molar-refractivity contribution in [2.24, 2.45) is 0 Å². The molecule has 1 aromatic rings. The topological polar surface area (TPSA) is 37.8 Å². The van der Waals surface area contributed by atoms with Crippen molar-refractivity contribution < 1.29 is 0 Å². The van der Waals surface area contributed by atoms with Crippen LogP contribution in [0.4, 0.5) is 5.82 Å². The van der Waals surface area contributed by atoms with Crippen molar-refractivity contribution in [1.29, 1.82) is 0 Å². The van der Waals surface area contributed by atoms with E-state index in [1.807, 2.05) is 6.07 Å². The third kappa shape index (κ3) is 3.40. The predicted molar refractivity (Wildman–Crippen MR) is 54.6 cm³/mol. The fourth-order valence-corrected chi connectivity index (χ4v) is 1.31. The van der Waals surface area contributed by atoms with E-state index in [0.29, 0.717) is 6.04 Å². The summed E-state index contributed by atoms with van der Waals surface area (Å²) in [6.45, 7) is 4.39. The summed E-state index contributed by atoms with van der Waals surface area (Å²) >= 11 is 0. The SMILES string of the molecule is CCCC(CC)Nc1ccncn1. The average molecular weight is 179 g/mol. The Kier molecular flexibility index (Phi) is 4.23. The number of nitrogens with one attached hydrogen (secondary N) is 1. The van der Waals surface area contributed by atoms with E-state index in [2.05, 4.69) is 29.1 Å². The molecule has 0 bridgehead atoms. The highest BCUT2D eigenvalue weighted by Crippen LogP contribution is 2.08. The number of hydrogen-bond donors (Lipinski definition) is 1. The van der Waals surface area contributed by atoms with Gasteiger partial charge in [-0.3, -0.25) is 0 Å². The van der Waals surface area contributed by atoms with E-state index in [1.54, 1.807) is 12.5 Å². The van der Waals surface area contributed by atoms with Crippen LogP contribution in [0.1, 0.15) is 33.1 Å². The van der Waals surface area contributed by atoms with Crippen molar-refractivity contribution in [1.82, 2.24) is 9.97 Å². The molecule has 1 aromatic heterocycles. The molecule has 0 radical (unpaired) electrons. The summed E-state index contributed by atoms with van der Waals surface area (Å²) in [6.07, 6.45) is 6.87. The van der Waals surface area contributed by atoms with Gasteiger partial charge in [0.25, 0.3) is 0 Å². The maximum Gasteiger partial charge on any atom is 0.129 e. The lowest BCUT2D eigenvalue weighted by Gasteiger charge is -2.15. The molecule has 13 heavy (non-hydrogen) atoms. The van der Waals surface area contributed by atoms with E-state index < -0.39 is 0 Å². The van der Waals surface area contributed by atoms with Gasteiger partial charge in [-0.2, -0.15) is 0 Å². The molecule has 0 saturated carbocycles. The lowest BCUT2D eigenvalue weighted by atomic mass is 10.1. The van der Waals surface area contributed by atoms with Crippen LogP contribution in [0.25, 0.3) is 0 Å². The monoisotopic (exact) mass is 179 g/mol. The van der Waals surface area contributed by atoms with Gasteiger partial charge in [-0.25, -0.2) is 9.97 Å². The summed E-state index contributed by atoms with van der Waals surface area (Å²) in [5.41, 5.74) is 0. The molecule has 1 N–H and O–H groups in total. The molecule has 0 aromatic carbocycles. The first-order valence-electron chi connectivity index (χ1n) is 4.89. The fraction of sp³-hybridized carbons (Fsp3) is 0.600. The number of nitrogens with zero attached hydrogens (tertiary/aromatic N) is 2. The highest BCUT2D eigenvalue weighted by Gasteiger charge is 2.04. The molecular weight excluding hydrogens is 162 g/mol. The summed E-state index contributed by atoms with van der Waals surface area (Å²) in [5, 5.41) is 3.38. The Morgan fingerprint density at radius 1 is 1.46 bits per heavy atom. The van der Waals surface area contributed by atoms with Crippen LogP contribution in [-0.2, 0) is 0 Å². The molecule has 3 nitrogen and oxygen atoms in total. The molecule has 0 aliphatic heterocycles. The standard InChI is InChI=1S/C10H17N3/c1-3-5-9(4-2)13-10-6-7-11-8-12-10/h6-9H,3-5H2,1-2H3,(H,11,12,13). The first kappa shape index (κ1) is 9.96. The molecule has 0 spiro atoms. The first-order chi connectivity index (χ1) is 6.36. The van der Waals surface area contributed by atoms with Crippen molar-refractivity contribution in [2.45, 2.75) is 39.2 Å². The summed E-state index contributed by atoms with van der Waals surface area (Å²) in [5.74, 6) is 0.926. The summed E-state index contributed by atoms with van der Waals surface area (Å²) < 4.78 is 0. The Morgan fingerprint density at radius 3 is 2.85 bits per heavy atom. The van der Waals surface area contributed by atoms with Crippen LogP contribution in [0.5, 0.6) is 0 Å². The van der Waals surface area contributed by atoms with Gasteiger partial charge in [0.05, 0.1) is 0 Å². The Morgan fingerprint density at radius 2 is 2.31 bits per heavy atom. The summed E-state index contributed by atoms with van der Waals surface area (Å²) in [4.78, 5) is 8.00. The Balaban J connectivity index is 2.46. The lowest BCUT2D eigenvalue weighted by Crippen LogP contribution is -2.18. The fourth-order valence-electron chi connectivity index (χ4n) is 1.31. The second kappa shape index (κ2) is 5.51. The zero-order valence-electron chi connectivity index (χ0n) is 8.33. The van der Waals surface area contributed by atoms with E-state index in [-0.39, 0.29) is 0 Å². The second-order valence-corrected chi connectivity index (χ2v) is 3.13. The van der Waals surface area contributed by atoms with Gasteiger partial charge in [0.1, 0.15) is 12.1 Å². The molecule has 0 fully saturated rings. The molecule has 0 amide bonds. The molecule has 1 atom stereocenters. The molecule has 72 valence electrons. The van der Waals surface area contributed by atoms with Gasteiger partial charge in [-0.15, -0.1) is 0 Å². The Bertz CT molecular complexity index is 223. The first-order valence-corrected chi connectivity index (χ1v) is 4.89. The zero-order valence-corrected chi connectivity index (χ0v) is 8.33. The van der Waals surface area contributed by atoms with Crippen LogP contribution in [0, 0.1) is 0 Å². The Hall–Kier alpha value is -1.12. The van der Waals surface area contributed by atoms with E-state index in [9.17, 15) is 0 Å². The third-order valence-electron chi connectivity index (χ3n) is 2.06. The predicted octanol–water partition coefficient (Wildman–Crippen LogP) is 2.47. The van der Waals surface area contributed by atoms with Gasteiger partial charge in [-0.1, -0.05) is 20.3 Å². The van der Waals surface area contributed by atoms with Crippen molar-refractivity contribution in [3.63, 3.8) is 0 Å². The maximum absolute atomic E-state index is 4.13. The van der Waals surface area contributed by atoms with Crippen LogP contribution in [0.3, 0.4) is 0 Å². The van der Waals surface area contributed by atoms with E-state index >= 15 is 0 Å². The number of anilines is 1. The normalized spacial score (nSPS) is 12.5. The molecule has 1 unspecified atom stereocenters. The van der Waals surface area contributed by atoms with Crippen LogP contribution >= 0.6 is 0 Å². The van der Waals surface area contributed by atoms with Gasteiger partial charge < -0.3 is 5.32 Å². The average Bonchev–Trinajstić information content (AvgIpc) is 2.19. The van der Waals surface area contributed by atoms with E-state index in [1.165, 1.54) is 12.8 Å². The zero-order chi connectivity index (χ0) is 9.52. The highest BCUT2D eigenvalue weighted by molar-refractivity contribution is 5.32. The van der Waals surface area contributed by atoms with Crippen molar-refractivity contribution in [2.75, 3.05) is 5.32 Å². The number of aromatic nitrogens is 2. The molecular formula is C10H17N3. The second-order valence-electron chi connectivity index (χ2n) is 3.13. The van der Waals surface area contributed by atoms with Gasteiger partial charge in [0, 0.05) is 12.2 Å². The lowest BCUT2D eigenvalue weighted by molar-refractivity contribution is 0.620.